The SMILES string of the molecule is O=C(NOCc1ccc(F)cc1)N[C@H]1CCO[C@H]1c1ccc(F)c(F)c1. The van der Waals surface area contributed by atoms with Crippen LogP contribution < -0.4 is 10.8 Å². The molecular formula is C18H17F3N2O3. The summed E-state index contributed by atoms with van der Waals surface area (Å²) in [4.78, 5) is 17.0. The number of benzene rings is 2. The second-order valence-electron chi connectivity index (χ2n) is 5.85. The lowest BCUT2D eigenvalue weighted by atomic mass is 10.0. The number of nitrogens with one attached hydrogen (secondary N) is 2. The largest absolute Gasteiger partial charge is 0.371 e. The summed E-state index contributed by atoms with van der Waals surface area (Å²) in [6.07, 6.45) is -0.0531. The van der Waals surface area contributed by atoms with Crippen LogP contribution in [0.15, 0.2) is 42.5 Å². The third kappa shape index (κ3) is 4.53. The van der Waals surface area contributed by atoms with Gasteiger partial charge in [-0.15, -0.1) is 0 Å². The standard InChI is InChI=1S/C18H17F3N2O3/c19-13-4-1-11(2-5-13)10-26-23-18(24)22-16-7-8-25-17(16)12-3-6-14(20)15(21)9-12/h1-6,9,16-17H,7-8,10H2,(H2,22,23,24)/t16-,17-/m0/s1. The summed E-state index contributed by atoms with van der Waals surface area (Å²) in [5, 5.41) is 2.68. The van der Waals surface area contributed by atoms with Crippen molar-refractivity contribution in [2.24, 2.45) is 0 Å². The molecular weight excluding hydrogens is 349 g/mol. The molecule has 2 aromatic rings. The van der Waals surface area contributed by atoms with Crippen LogP contribution in [0.4, 0.5) is 18.0 Å². The van der Waals surface area contributed by atoms with Crippen molar-refractivity contribution in [2.75, 3.05) is 6.61 Å². The Balaban J connectivity index is 1.51. The van der Waals surface area contributed by atoms with Crippen LogP contribution in [0, 0.1) is 17.5 Å². The molecule has 0 radical (unpaired) electrons. The van der Waals surface area contributed by atoms with Crippen molar-refractivity contribution in [1.29, 1.82) is 0 Å². The molecule has 3 rings (SSSR count). The summed E-state index contributed by atoms with van der Waals surface area (Å²) >= 11 is 0. The maximum Gasteiger partial charge on any atom is 0.339 e. The van der Waals surface area contributed by atoms with E-state index < -0.39 is 29.8 Å². The first-order chi connectivity index (χ1) is 12.5. The van der Waals surface area contributed by atoms with E-state index in [4.69, 9.17) is 9.57 Å². The van der Waals surface area contributed by atoms with E-state index in [1.807, 2.05) is 0 Å². The zero-order chi connectivity index (χ0) is 18.5. The molecule has 0 saturated carbocycles. The molecule has 1 fully saturated rings. The van der Waals surface area contributed by atoms with Gasteiger partial charge in [0.25, 0.3) is 0 Å². The summed E-state index contributed by atoms with van der Waals surface area (Å²) in [7, 11) is 0. The highest BCUT2D eigenvalue weighted by atomic mass is 19.2. The Morgan fingerprint density at radius 1 is 1.12 bits per heavy atom. The van der Waals surface area contributed by atoms with Crippen LogP contribution in [0.5, 0.6) is 0 Å². The predicted octanol–water partition coefficient (Wildman–Crippen LogP) is 3.36. The Kier molecular flexibility index (Phi) is 5.75. The van der Waals surface area contributed by atoms with Crippen molar-refractivity contribution < 1.29 is 27.5 Å². The average Bonchev–Trinajstić information content (AvgIpc) is 3.07. The molecule has 0 spiro atoms. The third-order valence-corrected chi connectivity index (χ3v) is 4.00. The Labute approximate surface area is 148 Å². The summed E-state index contributed by atoms with van der Waals surface area (Å²) in [5.41, 5.74) is 3.37. The normalized spacial score (nSPS) is 19.3. The van der Waals surface area contributed by atoms with Crippen LogP contribution in [0.25, 0.3) is 0 Å². The maximum atomic E-state index is 13.4. The Bertz CT molecular complexity index is 771. The van der Waals surface area contributed by atoms with Gasteiger partial charge < -0.3 is 10.1 Å². The van der Waals surface area contributed by atoms with Gasteiger partial charge in [0.2, 0.25) is 0 Å². The molecule has 0 unspecified atom stereocenters. The Morgan fingerprint density at radius 3 is 2.62 bits per heavy atom. The number of hydrogen-bond acceptors (Lipinski definition) is 3. The van der Waals surface area contributed by atoms with Crippen LogP contribution in [0.3, 0.4) is 0 Å². The van der Waals surface area contributed by atoms with Gasteiger partial charge in [0, 0.05) is 6.61 Å². The van der Waals surface area contributed by atoms with E-state index in [9.17, 15) is 18.0 Å². The van der Waals surface area contributed by atoms with Gasteiger partial charge in [-0.2, -0.15) is 0 Å². The zero-order valence-corrected chi connectivity index (χ0v) is 13.7. The van der Waals surface area contributed by atoms with Gasteiger partial charge in [-0.1, -0.05) is 18.2 Å². The number of amides is 2. The van der Waals surface area contributed by atoms with Gasteiger partial charge in [0.05, 0.1) is 12.6 Å². The molecule has 1 aliphatic heterocycles. The molecule has 5 nitrogen and oxygen atoms in total. The fourth-order valence-electron chi connectivity index (χ4n) is 2.72. The summed E-state index contributed by atoms with van der Waals surface area (Å²) in [5.74, 6) is -2.27. The number of hydrogen-bond donors (Lipinski definition) is 2. The fraction of sp³-hybridized carbons (Fsp3) is 0.278. The monoisotopic (exact) mass is 366 g/mol. The van der Waals surface area contributed by atoms with Crippen molar-refractivity contribution in [3.05, 3.63) is 71.0 Å². The minimum Gasteiger partial charge on any atom is -0.371 e. The van der Waals surface area contributed by atoms with E-state index >= 15 is 0 Å². The number of halogens is 3. The number of ether oxygens (including phenoxy) is 1. The Hall–Kier alpha value is -2.58. The van der Waals surface area contributed by atoms with E-state index in [1.54, 1.807) is 12.1 Å². The molecule has 138 valence electrons. The van der Waals surface area contributed by atoms with Crippen molar-refractivity contribution in [3.8, 4) is 0 Å². The molecule has 2 N–H and O–H groups in total. The lowest BCUT2D eigenvalue weighted by molar-refractivity contribution is 0.0456. The topological polar surface area (TPSA) is 59.6 Å². The highest BCUT2D eigenvalue weighted by molar-refractivity contribution is 5.73. The number of carbonyl (C=O) groups excluding carboxylic acids is 1. The molecule has 0 aromatic heterocycles. The number of carbonyl (C=O) groups is 1. The fourth-order valence-corrected chi connectivity index (χ4v) is 2.72. The van der Waals surface area contributed by atoms with Crippen molar-refractivity contribution in [3.63, 3.8) is 0 Å². The van der Waals surface area contributed by atoms with E-state index in [2.05, 4.69) is 10.8 Å². The van der Waals surface area contributed by atoms with Crippen molar-refractivity contribution >= 4 is 6.03 Å². The van der Waals surface area contributed by atoms with E-state index in [-0.39, 0.29) is 12.4 Å². The average molecular weight is 366 g/mol. The van der Waals surface area contributed by atoms with Crippen LogP contribution in [-0.2, 0) is 16.2 Å². The maximum absolute atomic E-state index is 13.4. The number of urea groups is 1. The number of rotatable bonds is 5. The minimum absolute atomic E-state index is 0.0709. The molecule has 2 amide bonds. The summed E-state index contributed by atoms with van der Waals surface area (Å²) in [6, 6.07) is 8.17. The van der Waals surface area contributed by atoms with Gasteiger partial charge >= 0.3 is 6.03 Å². The molecule has 1 saturated heterocycles. The second-order valence-corrected chi connectivity index (χ2v) is 5.85. The smallest absolute Gasteiger partial charge is 0.339 e. The minimum atomic E-state index is -0.969. The molecule has 26 heavy (non-hydrogen) atoms. The van der Waals surface area contributed by atoms with Crippen LogP contribution in [0.2, 0.25) is 0 Å². The summed E-state index contributed by atoms with van der Waals surface area (Å²) in [6.45, 7) is 0.451. The Morgan fingerprint density at radius 2 is 1.88 bits per heavy atom. The summed E-state index contributed by atoms with van der Waals surface area (Å²) < 4.78 is 44.8. The molecule has 1 heterocycles. The van der Waals surface area contributed by atoms with Gasteiger partial charge in [0.1, 0.15) is 11.9 Å². The number of hydroxylamine groups is 1. The van der Waals surface area contributed by atoms with Crippen molar-refractivity contribution in [1.82, 2.24) is 10.8 Å². The predicted molar refractivity (Wildman–Crippen MR) is 86.3 cm³/mol. The van der Waals surface area contributed by atoms with Gasteiger partial charge in [-0.3, -0.25) is 4.84 Å². The molecule has 0 bridgehead atoms. The lowest BCUT2D eigenvalue weighted by Crippen LogP contribution is -2.43. The first-order valence-corrected chi connectivity index (χ1v) is 8.02. The molecule has 2 atom stereocenters. The van der Waals surface area contributed by atoms with Gasteiger partial charge in [-0.05, 0) is 41.8 Å². The van der Waals surface area contributed by atoms with Gasteiger partial charge in [-0.25, -0.2) is 23.4 Å². The van der Waals surface area contributed by atoms with Crippen LogP contribution in [0.1, 0.15) is 23.7 Å². The van der Waals surface area contributed by atoms with Crippen molar-refractivity contribution in [2.45, 2.75) is 25.2 Å². The second kappa shape index (κ2) is 8.20. The van der Waals surface area contributed by atoms with E-state index in [0.717, 1.165) is 12.1 Å². The zero-order valence-electron chi connectivity index (χ0n) is 13.7. The highest BCUT2D eigenvalue weighted by Gasteiger charge is 2.31. The first kappa shape index (κ1) is 18.2. The van der Waals surface area contributed by atoms with Crippen LogP contribution >= 0.6 is 0 Å². The van der Waals surface area contributed by atoms with E-state index in [1.165, 1.54) is 18.2 Å². The van der Waals surface area contributed by atoms with Crippen LogP contribution in [-0.4, -0.2) is 18.7 Å². The quantitative estimate of drug-likeness (QED) is 0.798. The van der Waals surface area contributed by atoms with E-state index in [0.29, 0.717) is 24.2 Å². The lowest BCUT2D eigenvalue weighted by Gasteiger charge is -2.20. The first-order valence-electron chi connectivity index (χ1n) is 8.02. The third-order valence-electron chi connectivity index (χ3n) is 4.00. The molecule has 2 aromatic carbocycles. The van der Waals surface area contributed by atoms with Gasteiger partial charge in [0.15, 0.2) is 11.6 Å². The molecule has 1 aliphatic rings. The molecule has 0 aliphatic carbocycles. The highest BCUT2D eigenvalue weighted by Crippen LogP contribution is 2.30. The molecule has 8 heteroatoms.